The number of fused-ring (bicyclic) bond motifs is 1. The Morgan fingerprint density at radius 3 is 2.76 bits per heavy atom. The zero-order chi connectivity index (χ0) is 12.6. The highest BCUT2D eigenvalue weighted by molar-refractivity contribution is 9.10. The molecular formula is C11H9BrClN3O. The molecule has 0 radical (unpaired) electrons. The summed E-state index contributed by atoms with van der Waals surface area (Å²) in [6.07, 6.45) is 1.62. The van der Waals surface area contributed by atoms with Crippen molar-refractivity contribution in [2.45, 2.75) is 0 Å². The van der Waals surface area contributed by atoms with Gasteiger partial charge < -0.3 is 4.90 Å². The second kappa shape index (κ2) is 4.58. The largest absolute Gasteiger partial charge is 0.343 e. The van der Waals surface area contributed by atoms with Crippen molar-refractivity contribution >= 4 is 44.3 Å². The van der Waals surface area contributed by atoms with Gasteiger partial charge in [-0.05, 0) is 22.0 Å². The van der Waals surface area contributed by atoms with E-state index in [4.69, 9.17) is 11.6 Å². The highest BCUT2D eigenvalue weighted by Crippen LogP contribution is 2.23. The number of hydrogen-bond acceptors (Lipinski definition) is 3. The van der Waals surface area contributed by atoms with E-state index >= 15 is 0 Å². The summed E-state index contributed by atoms with van der Waals surface area (Å²) in [5, 5.41) is 1.19. The van der Waals surface area contributed by atoms with Crippen molar-refractivity contribution in [1.82, 2.24) is 14.9 Å². The third-order valence-electron chi connectivity index (χ3n) is 2.23. The van der Waals surface area contributed by atoms with Crippen LogP contribution in [-0.2, 0) is 0 Å². The molecule has 2 aromatic heterocycles. The SMILES string of the molecule is CN(C)C(=O)c1nc2cc(Cl)ncc2cc1Br. The topological polar surface area (TPSA) is 46.1 Å². The van der Waals surface area contributed by atoms with Crippen LogP contribution in [0.4, 0.5) is 0 Å². The molecule has 0 N–H and O–H groups in total. The predicted octanol–water partition coefficient (Wildman–Crippen LogP) is 2.75. The van der Waals surface area contributed by atoms with Crippen molar-refractivity contribution in [3.05, 3.63) is 33.6 Å². The number of carbonyl (C=O) groups excluding carboxylic acids is 1. The summed E-state index contributed by atoms with van der Waals surface area (Å²) in [5.74, 6) is -0.160. The maximum absolute atomic E-state index is 11.9. The van der Waals surface area contributed by atoms with Gasteiger partial charge in [-0.1, -0.05) is 11.6 Å². The zero-order valence-electron chi connectivity index (χ0n) is 9.24. The molecule has 0 fully saturated rings. The minimum absolute atomic E-state index is 0.160. The second-order valence-electron chi connectivity index (χ2n) is 3.72. The van der Waals surface area contributed by atoms with E-state index in [2.05, 4.69) is 25.9 Å². The van der Waals surface area contributed by atoms with Crippen LogP contribution in [0.2, 0.25) is 5.15 Å². The van der Waals surface area contributed by atoms with Crippen molar-refractivity contribution in [3.8, 4) is 0 Å². The van der Waals surface area contributed by atoms with Crippen molar-refractivity contribution in [3.63, 3.8) is 0 Å². The highest BCUT2D eigenvalue weighted by Gasteiger charge is 2.15. The van der Waals surface area contributed by atoms with E-state index < -0.39 is 0 Å². The zero-order valence-corrected chi connectivity index (χ0v) is 11.6. The summed E-state index contributed by atoms with van der Waals surface area (Å²) in [5.41, 5.74) is 1.02. The first-order valence-electron chi connectivity index (χ1n) is 4.82. The smallest absolute Gasteiger partial charge is 0.273 e. The van der Waals surface area contributed by atoms with E-state index in [1.165, 1.54) is 4.90 Å². The maximum atomic E-state index is 11.9. The highest BCUT2D eigenvalue weighted by atomic mass is 79.9. The Bertz CT molecular complexity index is 601. The Kier molecular flexibility index (Phi) is 3.31. The predicted molar refractivity (Wildman–Crippen MR) is 70.3 cm³/mol. The van der Waals surface area contributed by atoms with Crippen molar-refractivity contribution in [1.29, 1.82) is 0 Å². The molecule has 4 nitrogen and oxygen atoms in total. The third kappa shape index (κ3) is 2.40. The minimum atomic E-state index is -0.160. The number of pyridine rings is 2. The third-order valence-corrected chi connectivity index (χ3v) is 3.04. The molecule has 0 bridgehead atoms. The first-order chi connectivity index (χ1) is 7.99. The number of halogens is 2. The van der Waals surface area contributed by atoms with Gasteiger partial charge in [-0.15, -0.1) is 0 Å². The molecule has 88 valence electrons. The molecule has 0 saturated heterocycles. The lowest BCUT2D eigenvalue weighted by Gasteiger charge is -2.11. The first kappa shape index (κ1) is 12.3. The van der Waals surface area contributed by atoms with Gasteiger partial charge in [-0.25, -0.2) is 9.97 Å². The Morgan fingerprint density at radius 1 is 1.41 bits per heavy atom. The van der Waals surface area contributed by atoms with Crippen LogP contribution in [0.5, 0.6) is 0 Å². The average molecular weight is 315 g/mol. The van der Waals surface area contributed by atoms with Crippen molar-refractivity contribution in [2.24, 2.45) is 0 Å². The monoisotopic (exact) mass is 313 g/mol. The van der Waals surface area contributed by atoms with Crippen LogP contribution < -0.4 is 0 Å². The molecular weight excluding hydrogens is 305 g/mol. The van der Waals surface area contributed by atoms with Crippen LogP contribution in [0.3, 0.4) is 0 Å². The maximum Gasteiger partial charge on any atom is 0.273 e. The summed E-state index contributed by atoms with van der Waals surface area (Å²) in [6, 6.07) is 3.44. The van der Waals surface area contributed by atoms with Crippen LogP contribution in [0.15, 0.2) is 22.8 Å². The lowest BCUT2D eigenvalue weighted by Crippen LogP contribution is -2.23. The molecule has 6 heteroatoms. The molecule has 1 amide bonds. The van der Waals surface area contributed by atoms with E-state index in [9.17, 15) is 4.79 Å². The van der Waals surface area contributed by atoms with Gasteiger partial charge in [0.15, 0.2) is 0 Å². The van der Waals surface area contributed by atoms with E-state index in [1.54, 1.807) is 26.4 Å². The molecule has 17 heavy (non-hydrogen) atoms. The molecule has 2 aromatic rings. The van der Waals surface area contributed by atoms with Crippen LogP contribution in [0, 0.1) is 0 Å². The quantitative estimate of drug-likeness (QED) is 0.760. The Labute approximate surface area is 112 Å². The normalized spacial score (nSPS) is 10.6. The van der Waals surface area contributed by atoms with Gasteiger partial charge in [0.05, 0.1) is 5.52 Å². The molecule has 0 unspecified atom stereocenters. The number of amides is 1. The molecule has 0 spiro atoms. The molecule has 0 atom stereocenters. The van der Waals surface area contributed by atoms with E-state index in [0.717, 1.165) is 5.39 Å². The fraction of sp³-hybridized carbons (Fsp3) is 0.182. The number of nitrogens with zero attached hydrogens (tertiary/aromatic N) is 3. The van der Waals surface area contributed by atoms with Gasteiger partial charge >= 0.3 is 0 Å². The fourth-order valence-corrected chi connectivity index (χ4v) is 2.04. The van der Waals surface area contributed by atoms with E-state index in [0.29, 0.717) is 20.8 Å². The van der Waals surface area contributed by atoms with Crippen LogP contribution >= 0.6 is 27.5 Å². The van der Waals surface area contributed by atoms with Gasteiger partial charge in [0, 0.05) is 36.2 Å². The summed E-state index contributed by atoms with van der Waals surface area (Å²) in [4.78, 5) is 21.6. The molecule has 2 rings (SSSR count). The molecule has 0 aliphatic rings. The average Bonchev–Trinajstić information content (AvgIpc) is 2.27. The molecule has 0 aliphatic carbocycles. The lowest BCUT2D eigenvalue weighted by molar-refractivity contribution is 0.0821. The Morgan fingerprint density at radius 2 is 2.12 bits per heavy atom. The summed E-state index contributed by atoms with van der Waals surface area (Å²) in [6.45, 7) is 0. The summed E-state index contributed by atoms with van der Waals surface area (Å²) in [7, 11) is 3.36. The van der Waals surface area contributed by atoms with Crippen LogP contribution in [0.1, 0.15) is 10.5 Å². The number of aromatic nitrogens is 2. The minimum Gasteiger partial charge on any atom is -0.343 e. The summed E-state index contributed by atoms with van der Waals surface area (Å²) < 4.78 is 0.646. The van der Waals surface area contributed by atoms with Crippen LogP contribution in [-0.4, -0.2) is 34.9 Å². The number of carbonyl (C=O) groups is 1. The van der Waals surface area contributed by atoms with Gasteiger partial charge in [0.2, 0.25) is 0 Å². The molecule has 0 saturated carbocycles. The van der Waals surface area contributed by atoms with Gasteiger partial charge in [0.1, 0.15) is 10.8 Å². The van der Waals surface area contributed by atoms with E-state index in [1.807, 2.05) is 6.07 Å². The van der Waals surface area contributed by atoms with E-state index in [-0.39, 0.29) is 5.91 Å². The molecule has 0 aliphatic heterocycles. The van der Waals surface area contributed by atoms with Gasteiger partial charge in [0.25, 0.3) is 5.91 Å². The fourth-order valence-electron chi connectivity index (χ4n) is 1.38. The lowest BCUT2D eigenvalue weighted by atomic mass is 10.2. The van der Waals surface area contributed by atoms with Gasteiger partial charge in [-0.3, -0.25) is 4.79 Å². The van der Waals surface area contributed by atoms with Gasteiger partial charge in [-0.2, -0.15) is 0 Å². The Balaban J connectivity index is 2.65. The van der Waals surface area contributed by atoms with Crippen LogP contribution in [0.25, 0.3) is 10.9 Å². The molecule has 2 heterocycles. The molecule has 0 aromatic carbocycles. The summed E-state index contributed by atoms with van der Waals surface area (Å²) >= 11 is 9.13. The standard InChI is InChI=1S/C11H9BrClN3O/c1-16(2)11(17)10-7(12)3-6-5-14-9(13)4-8(6)15-10/h3-5H,1-2H3. The van der Waals surface area contributed by atoms with Crippen molar-refractivity contribution in [2.75, 3.05) is 14.1 Å². The van der Waals surface area contributed by atoms with Crippen molar-refractivity contribution < 1.29 is 4.79 Å². The Hall–Kier alpha value is -1.20. The number of hydrogen-bond donors (Lipinski definition) is 0. The number of rotatable bonds is 1. The second-order valence-corrected chi connectivity index (χ2v) is 4.96. The first-order valence-corrected chi connectivity index (χ1v) is 5.99.